The molecule has 0 spiro atoms. The largest absolute Gasteiger partial charge is 0.496 e. The third-order valence-corrected chi connectivity index (χ3v) is 5.68. The number of nitrogens with zero attached hydrogens (tertiary/aromatic N) is 1. The number of halogens is 1. The van der Waals surface area contributed by atoms with Crippen molar-refractivity contribution in [1.82, 2.24) is 9.62 Å². The lowest BCUT2D eigenvalue weighted by molar-refractivity contribution is -0.126. The van der Waals surface area contributed by atoms with Crippen LogP contribution < -0.4 is 10.1 Å². The zero-order chi connectivity index (χ0) is 17.0. The number of amides is 1. The highest BCUT2D eigenvalue weighted by Crippen LogP contribution is 2.23. The van der Waals surface area contributed by atoms with Gasteiger partial charge in [0.15, 0.2) is 0 Å². The fourth-order valence-corrected chi connectivity index (χ4v) is 3.99. The van der Waals surface area contributed by atoms with Crippen molar-refractivity contribution < 1.29 is 17.9 Å². The molecule has 128 valence electrons. The Hall–Kier alpha value is -1.12. The molecule has 0 aromatic heterocycles. The molecule has 1 aliphatic rings. The zero-order valence-electron chi connectivity index (χ0n) is 13.2. The Morgan fingerprint density at radius 2 is 2.22 bits per heavy atom. The van der Waals surface area contributed by atoms with Gasteiger partial charge in [0.1, 0.15) is 5.75 Å². The van der Waals surface area contributed by atoms with Gasteiger partial charge in [-0.1, -0.05) is 15.9 Å². The van der Waals surface area contributed by atoms with Crippen molar-refractivity contribution in [2.45, 2.75) is 19.4 Å². The van der Waals surface area contributed by atoms with Crippen LogP contribution in [0, 0.1) is 5.92 Å². The Morgan fingerprint density at radius 3 is 2.87 bits per heavy atom. The molecule has 1 amide bonds. The SMILES string of the molecule is COc1ccc(Br)cc1CNC(=O)[C@H]1CCCN(S(C)(=O)=O)C1. The minimum absolute atomic E-state index is 0.125. The van der Waals surface area contributed by atoms with Crippen LogP contribution in [0.3, 0.4) is 0 Å². The van der Waals surface area contributed by atoms with Crippen molar-refractivity contribution >= 4 is 31.9 Å². The lowest BCUT2D eigenvalue weighted by atomic mass is 9.98. The van der Waals surface area contributed by atoms with Crippen molar-refractivity contribution in [2.75, 3.05) is 26.5 Å². The van der Waals surface area contributed by atoms with Gasteiger partial charge < -0.3 is 10.1 Å². The van der Waals surface area contributed by atoms with Crippen LogP contribution in [-0.4, -0.2) is 45.1 Å². The minimum Gasteiger partial charge on any atom is -0.496 e. The Morgan fingerprint density at radius 1 is 1.48 bits per heavy atom. The summed E-state index contributed by atoms with van der Waals surface area (Å²) in [6.07, 6.45) is 2.58. The highest BCUT2D eigenvalue weighted by molar-refractivity contribution is 9.10. The molecule has 1 saturated heterocycles. The summed E-state index contributed by atoms with van der Waals surface area (Å²) >= 11 is 3.40. The van der Waals surface area contributed by atoms with Crippen LogP contribution in [0.5, 0.6) is 5.75 Å². The van der Waals surface area contributed by atoms with E-state index in [1.165, 1.54) is 10.6 Å². The summed E-state index contributed by atoms with van der Waals surface area (Å²) in [5.41, 5.74) is 0.867. The lowest BCUT2D eigenvalue weighted by Gasteiger charge is -2.30. The summed E-state index contributed by atoms with van der Waals surface area (Å²) in [6, 6.07) is 5.59. The van der Waals surface area contributed by atoms with Gasteiger partial charge in [-0.15, -0.1) is 0 Å². The molecule has 1 N–H and O–H groups in total. The first-order valence-electron chi connectivity index (χ1n) is 7.36. The number of rotatable bonds is 5. The second-order valence-electron chi connectivity index (χ2n) is 5.63. The lowest BCUT2D eigenvalue weighted by Crippen LogP contribution is -2.44. The van der Waals surface area contributed by atoms with Gasteiger partial charge in [-0.25, -0.2) is 12.7 Å². The number of methoxy groups -OCH3 is 1. The molecule has 1 atom stereocenters. The summed E-state index contributed by atoms with van der Waals surface area (Å²) in [6.45, 7) is 1.08. The van der Waals surface area contributed by atoms with Crippen LogP contribution >= 0.6 is 15.9 Å². The molecule has 2 rings (SSSR count). The molecule has 1 fully saturated rings. The number of hydrogen-bond acceptors (Lipinski definition) is 4. The first kappa shape index (κ1) is 18.2. The fourth-order valence-electron chi connectivity index (χ4n) is 2.67. The maximum atomic E-state index is 12.3. The number of ether oxygens (including phenoxy) is 1. The molecule has 23 heavy (non-hydrogen) atoms. The van der Waals surface area contributed by atoms with Crippen molar-refractivity contribution in [3.63, 3.8) is 0 Å². The predicted octanol–water partition coefficient (Wildman–Crippen LogP) is 1.75. The van der Waals surface area contributed by atoms with E-state index in [4.69, 9.17) is 4.74 Å². The summed E-state index contributed by atoms with van der Waals surface area (Å²) in [5.74, 6) is 0.270. The second kappa shape index (κ2) is 7.63. The number of nitrogens with one attached hydrogen (secondary N) is 1. The van der Waals surface area contributed by atoms with Crippen molar-refractivity contribution in [3.8, 4) is 5.75 Å². The van der Waals surface area contributed by atoms with E-state index in [9.17, 15) is 13.2 Å². The molecule has 1 aliphatic heterocycles. The fraction of sp³-hybridized carbons (Fsp3) is 0.533. The average Bonchev–Trinajstić information content (AvgIpc) is 2.52. The molecule has 1 heterocycles. The van der Waals surface area contributed by atoms with E-state index in [1.807, 2.05) is 18.2 Å². The van der Waals surface area contributed by atoms with Crippen LogP contribution in [-0.2, 0) is 21.4 Å². The molecule has 0 unspecified atom stereocenters. The highest BCUT2D eigenvalue weighted by Gasteiger charge is 2.30. The van der Waals surface area contributed by atoms with Crippen molar-refractivity contribution in [3.05, 3.63) is 28.2 Å². The van der Waals surface area contributed by atoms with Crippen molar-refractivity contribution in [2.24, 2.45) is 5.92 Å². The average molecular weight is 405 g/mol. The van der Waals surface area contributed by atoms with Crippen molar-refractivity contribution in [1.29, 1.82) is 0 Å². The first-order chi connectivity index (χ1) is 10.8. The summed E-state index contributed by atoms with van der Waals surface area (Å²) in [5, 5.41) is 2.88. The first-order valence-corrected chi connectivity index (χ1v) is 10.0. The number of sulfonamides is 1. The summed E-state index contributed by atoms with van der Waals surface area (Å²) in [7, 11) is -1.67. The summed E-state index contributed by atoms with van der Waals surface area (Å²) in [4.78, 5) is 12.3. The van der Waals surface area contributed by atoms with E-state index >= 15 is 0 Å². The smallest absolute Gasteiger partial charge is 0.224 e. The van der Waals surface area contributed by atoms with E-state index in [-0.39, 0.29) is 18.4 Å². The normalized spacial score (nSPS) is 19.3. The van der Waals surface area contributed by atoms with Gasteiger partial charge in [0.25, 0.3) is 0 Å². The van der Waals surface area contributed by atoms with Crippen LogP contribution in [0.1, 0.15) is 18.4 Å². The molecule has 0 aliphatic carbocycles. The second-order valence-corrected chi connectivity index (χ2v) is 8.53. The van der Waals surface area contributed by atoms with Gasteiger partial charge in [-0.2, -0.15) is 0 Å². The Kier molecular flexibility index (Phi) is 6.05. The van der Waals surface area contributed by atoms with E-state index < -0.39 is 10.0 Å². The van der Waals surface area contributed by atoms with Gasteiger partial charge in [-0.3, -0.25) is 4.79 Å². The predicted molar refractivity (Wildman–Crippen MR) is 91.7 cm³/mol. The Bertz CT molecular complexity index is 678. The molecule has 1 aromatic rings. The molecular weight excluding hydrogens is 384 g/mol. The number of hydrogen-bond donors (Lipinski definition) is 1. The number of carbonyl (C=O) groups is 1. The van der Waals surface area contributed by atoms with Crippen LogP contribution in [0.4, 0.5) is 0 Å². The number of piperidine rings is 1. The minimum atomic E-state index is -3.25. The van der Waals surface area contributed by atoms with E-state index in [0.29, 0.717) is 31.7 Å². The summed E-state index contributed by atoms with van der Waals surface area (Å²) < 4.78 is 30.8. The maximum absolute atomic E-state index is 12.3. The Balaban J connectivity index is 1.98. The van der Waals surface area contributed by atoms with E-state index in [2.05, 4.69) is 21.2 Å². The van der Waals surface area contributed by atoms with Gasteiger partial charge in [0, 0.05) is 29.7 Å². The monoisotopic (exact) mass is 404 g/mol. The van der Waals surface area contributed by atoms with Gasteiger partial charge >= 0.3 is 0 Å². The molecule has 0 bridgehead atoms. The van der Waals surface area contributed by atoms with Gasteiger partial charge in [-0.05, 0) is 31.0 Å². The van der Waals surface area contributed by atoms with E-state index in [1.54, 1.807) is 7.11 Å². The molecule has 6 nitrogen and oxygen atoms in total. The third kappa shape index (κ3) is 4.92. The van der Waals surface area contributed by atoms with Crippen LogP contribution in [0.15, 0.2) is 22.7 Å². The maximum Gasteiger partial charge on any atom is 0.224 e. The zero-order valence-corrected chi connectivity index (χ0v) is 15.6. The van der Waals surface area contributed by atoms with Crippen LogP contribution in [0.2, 0.25) is 0 Å². The quantitative estimate of drug-likeness (QED) is 0.810. The number of carbonyl (C=O) groups excluding carboxylic acids is 1. The third-order valence-electron chi connectivity index (χ3n) is 3.92. The molecule has 0 saturated carbocycles. The highest BCUT2D eigenvalue weighted by atomic mass is 79.9. The molecule has 1 aromatic carbocycles. The number of benzene rings is 1. The van der Waals surface area contributed by atoms with Gasteiger partial charge in [0.2, 0.25) is 15.9 Å². The topological polar surface area (TPSA) is 75.7 Å². The van der Waals surface area contributed by atoms with E-state index in [0.717, 1.165) is 10.0 Å². The molecule has 0 radical (unpaired) electrons. The standard InChI is InChI=1S/C15H21BrN2O4S/c1-22-14-6-5-13(16)8-12(14)9-17-15(19)11-4-3-7-18(10-11)23(2,20)21/h5-6,8,11H,3-4,7,9-10H2,1-2H3,(H,17,19)/t11-/m0/s1. The molecule has 8 heteroatoms. The Labute approximate surface area is 145 Å². The molecular formula is C15H21BrN2O4S. The van der Waals surface area contributed by atoms with Crippen LogP contribution in [0.25, 0.3) is 0 Å². The van der Waals surface area contributed by atoms with Gasteiger partial charge in [0.05, 0.1) is 19.3 Å².